The molecule has 148 valence electrons. The van der Waals surface area contributed by atoms with E-state index >= 15 is 0 Å². The van der Waals surface area contributed by atoms with Gasteiger partial charge in [0.2, 0.25) is 5.91 Å². The lowest BCUT2D eigenvalue weighted by molar-refractivity contribution is -0.123. The maximum Gasteiger partial charge on any atom is 0.230 e. The number of methoxy groups -OCH3 is 1. The normalized spacial score (nSPS) is 17.4. The summed E-state index contributed by atoms with van der Waals surface area (Å²) in [7, 11) is 1.64. The van der Waals surface area contributed by atoms with E-state index in [1.54, 1.807) is 13.3 Å². The summed E-state index contributed by atoms with van der Waals surface area (Å²) in [5, 5.41) is 1.34. The summed E-state index contributed by atoms with van der Waals surface area (Å²) in [6.45, 7) is 2.32. The van der Waals surface area contributed by atoms with Gasteiger partial charge in [-0.05, 0) is 55.5 Å². The van der Waals surface area contributed by atoms with Gasteiger partial charge in [0.05, 0.1) is 17.8 Å². The summed E-state index contributed by atoms with van der Waals surface area (Å²) in [5.74, 6) is 1.80. The third kappa shape index (κ3) is 3.65. The molecule has 0 bridgehead atoms. The first kappa shape index (κ1) is 19.3. The highest BCUT2D eigenvalue weighted by Crippen LogP contribution is 2.41. The highest BCUT2D eigenvalue weighted by molar-refractivity contribution is 6.32. The fourth-order valence-electron chi connectivity index (χ4n) is 4.17. The molecule has 1 saturated heterocycles. The minimum atomic E-state index is -0.00168. The first-order valence-corrected chi connectivity index (χ1v) is 10.4. The van der Waals surface area contributed by atoms with Crippen LogP contribution in [0.4, 0.5) is 11.5 Å². The molecule has 0 atom stereocenters. The van der Waals surface area contributed by atoms with Crippen molar-refractivity contribution < 1.29 is 9.53 Å². The molecule has 2 aliphatic rings. The third-order valence-corrected chi connectivity index (χ3v) is 6.21. The quantitative estimate of drug-likeness (QED) is 0.729. The van der Waals surface area contributed by atoms with Gasteiger partial charge in [0.1, 0.15) is 11.6 Å². The minimum absolute atomic E-state index is 0.00168. The van der Waals surface area contributed by atoms with Crippen LogP contribution in [0.15, 0.2) is 30.5 Å². The van der Waals surface area contributed by atoms with Crippen LogP contribution in [-0.2, 0) is 11.2 Å². The van der Waals surface area contributed by atoms with E-state index in [0.29, 0.717) is 16.6 Å². The van der Waals surface area contributed by atoms with Gasteiger partial charge in [0.25, 0.3) is 0 Å². The summed E-state index contributed by atoms with van der Waals surface area (Å²) >= 11 is 12.3. The highest BCUT2D eigenvalue weighted by Gasteiger charge is 2.34. The van der Waals surface area contributed by atoms with Crippen molar-refractivity contribution in [2.75, 3.05) is 36.5 Å². The highest BCUT2D eigenvalue weighted by atomic mass is 35.5. The average molecular weight is 420 g/mol. The Morgan fingerprint density at radius 1 is 1.14 bits per heavy atom. The molecule has 0 aliphatic carbocycles. The molecule has 0 saturated carbocycles. The summed E-state index contributed by atoms with van der Waals surface area (Å²) in [6.07, 6.45) is 5.06. The number of carbonyl (C=O) groups excluding carboxylic acids is 1. The second kappa shape index (κ2) is 8.18. The lowest BCUT2D eigenvalue weighted by Crippen LogP contribution is -2.44. The number of carbonyl (C=O) groups is 1. The van der Waals surface area contributed by atoms with E-state index < -0.39 is 0 Å². The number of aromatic nitrogens is 1. The van der Waals surface area contributed by atoms with E-state index in [1.807, 2.05) is 29.2 Å². The molecule has 2 aromatic rings. The maximum absolute atomic E-state index is 13.4. The number of piperidine rings is 1. The summed E-state index contributed by atoms with van der Waals surface area (Å²) in [6, 6.07) is 7.48. The molecule has 5 nitrogen and oxygen atoms in total. The zero-order valence-corrected chi connectivity index (χ0v) is 17.3. The topological polar surface area (TPSA) is 45.7 Å². The van der Waals surface area contributed by atoms with Crippen LogP contribution >= 0.6 is 23.2 Å². The molecule has 1 fully saturated rings. The van der Waals surface area contributed by atoms with E-state index in [1.165, 1.54) is 0 Å². The van der Waals surface area contributed by atoms with Crippen molar-refractivity contribution in [1.29, 1.82) is 0 Å². The molecule has 4 rings (SSSR count). The van der Waals surface area contributed by atoms with Gasteiger partial charge in [-0.25, -0.2) is 4.98 Å². The molecule has 0 unspecified atom stereocenters. The monoisotopic (exact) mass is 419 g/mol. The van der Waals surface area contributed by atoms with Crippen molar-refractivity contribution in [2.24, 2.45) is 5.92 Å². The molecule has 7 heteroatoms. The maximum atomic E-state index is 13.4. The summed E-state index contributed by atoms with van der Waals surface area (Å²) < 4.78 is 5.54. The Morgan fingerprint density at radius 2 is 1.93 bits per heavy atom. The summed E-state index contributed by atoms with van der Waals surface area (Å²) in [4.78, 5) is 21.9. The molecule has 1 aromatic carbocycles. The SMILES string of the molecule is COc1ccc(Cl)c2c1N(C(=O)C1CCN(c3ccc(Cl)cn3)CC1)CCC2. The smallest absolute Gasteiger partial charge is 0.230 e. The number of anilines is 2. The van der Waals surface area contributed by atoms with Gasteiger partial charge in [-0.15, -0.1) is 0 Å². The van der Waals surface area contributed by atoms with Crippen molar-refractivity contribution in [3.05, 3.63) is 46.1 Å². The molecule has 1 aromatic heterocycles. The van der Waals surface area contributed by atoms with Crippen molar-refractivity contribution >= 4 is 40.6 Å². The second-order valence-corrected chi connectivity index (χ2v) is 8.11. The predicted molar refractivity (Wildman–Crippen MR) is 113 cm³/mol. The van der Waals surface area contributed by atoms with Crippen molar-refractivity contribution in [3.63, 3.8) is 0 Å². The molecular formula is C21H23Cl2N3O2. The molecule has 0 N–H and O–H groups in total. The zero-order valence-electron chi connectivity index (χ0n) is 15.8. The number of hydrogen-bond donors (Lipinski definition) is 0. The first-order chi connectivity index (χ1) is 13.6. The van der Waals surface area contributed by atoms with Crippen LogP contribution in [0.5, 0.6) is 5.75 Å². The van der Waals surface area contributed by atoms with Crippen molar-refractivity contribution in [1.82, 2.24) is 4.98 Å². The predicted octanol–water partition coefficient (Wildman–Crippen LogP) is 4.59. The Labute approximate surface area is 175 Å². The van der Waals surface area contributed by atoms with Crippen LogP contribution in [0.1, 0.15) is 24.8 Å². The van der Waals surface area contributed by atoms with E-state index in [4.69, 9.17) is 27.9 Å². The molecular weight excluding hydrogens is 397 g/mol. The molecule has 1 amide bonds. The van der Waals surface area contributed by atoms with Gasteiger partial charge < -0.3 is 14.5 Å². The van der Waals surface area contributed by atoms with E-state index in [-0.39, 0.29) is 11.8 Å². The molecule has 0 radical (unpaired) electrons. The fourth-order valence-corrected chi connectivity index (χ4v) is 4.52. The molecule has 0 spiro atoms. The standard InChI is InChI=1S/C21H23Cl2N3O2/c1-28-18-6-5-17(23)16-3-2-10-26(20(16)18)21(27)14-8-11-25(12-9-14)19-7-4-15(22)13-24-19/h4-7,13-14H,2-3,8-12H2,1H3. The number of hydrogen-bond acceptors (Lipinski definition) is 4. The minimum Gasteiger partial charge on any atom is -0.495 e. The Bertz CT molecular complexity index is 865. The van der Waals surface area contributed by atoms with Crippen LogP contribution in [0.3, 0.4) is 0 Å². The number of benzene rings is 1. The number of amides is 1. The van der Waals surface area contributed by atoms with Crippen molar-refractivity contribution in [2.45, 2.75) is 25.7 Å². The number of pyridine rings is 1. The van der Waals surface area contributed by atoms with E-state index in [0.717, 1.165) is 61.6 Å². The van der Waals surface area contributed by atoms with Crippen LogP contribution < -0.4 is 14.5 Å². The lowest BCUT2D eigenvalue weighted by atomic mass is 9.92. The zero-order chi connectivity index (χ0) is 19.7. The first-order valence-electron chi connectivity index (χ1n) is 9.61. The Morgan fingerprint density at radius 3 is 2.61 bits per heavy atom. The molecule has 28 heavy (non-hydrogen) atoms. The number of rotatable bonds is 3. The summed E-state index contributed by atoms with van der Waals surface area (Å²) in [5.41, 5.74) is 1.87. The van der Waals surface area contributed by atoms with Gasteiger partial charge >= 0.3 is 0 Å². The van der Waals surface area contributed by atoms with Crippen LogP contribution in [0.2, 0.25) is 10.0 Å². The van der Waals surface area contributed by atoms with Crippen LogP contribution in [0.25, 0.3) is 0 Å². The van der Waals surface area contributed by atoms with Gasteiger partial charge in [-0.3, -0.25) is 4.79 Å². The van der Waals surface area contributed by atoms with Gasteiger partial charge in [0.15, 0.2) is 0 Å². The van der Waals surface area contributed by atoms with Crippen LogP contribution in [0, 0.1) is 5.92 Å². The molecule has 2 aliphatic heterocycles. The largest absolute Gasteiger partial charge is 0.495 e. The average Bonchev–Trinajstić information content (AvgIpc) is 2.74. The molecule has 3 heterocycles. The van der Waals surface area contributed by atoms with E-state index in [2.05, 4.69) is 9.88 Å². The second-order valence-electron chi connectivity index (χ2n) is 7.27. The van der Waals surface area contributed by atoms with Gasteiger partial charge in [0, 0.05) is 36.8 Å². The Hall–Kier alpha value is -1.98. The third-order valence-electron chi connectivity index (χ3n) is 5.63. The Kier molecular flexibility index (Phi) is 5.65. The fraction of sp³-hybridized carbons (Fsp3) is 0.429. The number of halogens is 2. The van der Waals surface area contributed by atoms with Crippen molar-refractivity contribution in [3.8, 4) is 5.75 Å². The lowest BCUT2D eigenvalue weighted by Gasteiger charge is -2.37. The van der Waals surface area contributed by atoms with E-state index in [9.17, 15) is 4.79 Å². The Balaban J connectivity index is 1.50. The van der Waals surface area contributed by atoms with Gasteiger partial charge in [-0.1, -0.05) is 23.2 Å². The van der Waals surface area contributed by atoms with Gasteiger partial charge in [-0.2, -0.15) is 0 Å². The van der Waals surface area contributed by atoms with Crippen LogP contribution in [-0.4, -0.2) is 37.6 Å². The number of ether oxygens (including phenoxy) is 1. The number of nitrogens with zero attached hydrogens (tertiary/aromatic N) is 3. The number of fused-ring (bicyclic) bond motifs is 1.